The Balaban J connectivity index is 1.36. The van der Waals surface area contributed by atoms with Crippen molar-refractivity contribution in [3.05, 3.63) is 54.0 Å². The number of hydrogen-bond donors (Lipinski definition) is 1. The average molecular weight is 393 g/mol. The standard InChI is InChI=1S/C22H27N5O2/c28-21(25-19-6-2-1-3-7-19)17-14-18(16-23-15-17)22(29)27-12-10-26(11-13-27)20-8-4-5-9-24-20/h4-5,8-9,14-16,19H,1-3,6-7,10-13H2,(H,25,28). The molecule has 0 atom stereocenters. The maximum Gasteiger partial charge on any atom is 0.255 e. The molecule has 0 radical (unpaired) electrons. The van der Waals surface area contributed by atoms with Crippen LogP contribution in [0.5, 0.6) is 0 Å². The molecule has 1 saturated carbocycles. The summed E-state index contributed by atoms with van der Waals surface area (Å²) in [7, 11) is 0. The Morgan fingerprint density at radius 2 is 1.72 bits per heavy atom. The van der Waals surface area contributed by atoms with Gasteiger partial charge in [-0.05, 0) is 31.0 Å². The van der Waals surface area contributed by atoms with E-state index in [1.54, 1.807) is 18.5 Å². The number of aromatic nitrogens is 2. The lowest BCUT2D eigenvalue weighted by molar-refractivity contribution is 0.0746. The molecule has 29 heavy (non-hydrogen) atoms. The van der Waals surface area contributed by atoms with Crippen LogP contribution in [0.1, 0.15) is 52.8 Å². The van der Waals surface area contributed by atoms with E-state index in [9.17, 15) is 9.59 Å². The number of hydrogen-bond acceptors (Lipinski definition) is 5. The Morgan fingerprint density at radius 1 is 0.966 bits per heavy atom. The van der Waals surface area contributed by atoms with Crippen LogP contribution >= 0.6 is 0 Å². The van der Waals surface area contributed by atoms with Crippen LogP contribution in [-0.4, -0.2) is 58.9 Å². The Bertz CT molecular complexity index is 843. The van der Waals surface area contributed by atoms with Gasteiger partial charge >= 0.3 is 0 Å². The van der Waals surface area contributed by atoms with Crippen molar-refractivity contribution < 1.29 is 9.59 Å². The van der Waals surface area contributed by atoms with Crippen LogP contribution in [0.15, 0.2) is 42.9 Å². The predicted octanol–water partition coefficient (Wildman–Crippen LogP) is 2.50. The Hall–Kier alpha value is -2.96. The molecule has 1 N–H and O–H groups in total. The first kappa shape index (κ1) is 19.4. The van der Waals surface area contributed by atoms with Gasteiger partial charge in [-0.25, -0.2) is 4.98 Å². The largest absolute Gasteiger partial charge is 0.353 e. The lowest BCUT2D eigenvalue weighted by Crippen LogP contribution is -2.49. The topological polar surface area (TPSA) is 78.4 Å². The molecule has 152 valence electrons. The second-order valence-corrected chi connectivity index (χ2v) is 7.74. The molecule has 1 saturated heterocycles. The van der Waals surface area contributed by atoms with Gasteiger partial charge in [0.2, 0.25) is 0 Å². The van der Waals surface area contributed by atoms with Gasteiger partial charge in [0.05, 0.1) is 11.1 Å². The normalized spacial score (nSPS) is 17.8. The van der Waals surface area contributed by atoms with E-state index in [1.165, 1.54) is 12.6 Å². The highest BCUT2D eigenvalue weighted by Crippen LogP contribution is 2.18. The number of pyridine rings is 2. The molecular weight excluding hydrogens is 366 g/mol. The van der Waals surface area contributed by atoms with Gasteiger partial charge in [-0.15, -0.1) is 0 Å². The third-order valence-electron chi connectivity index (χ3n) is 5.73. The first-order valence-corrected chi connectivity index (χ1v) is 10.4. The molecule has 0 bridgehead atoms. The zero-order valence-electron chi connectivity index (χ0n) is 16.6. The van der Waals surface area contributed by atoms with Gasteiger partial charge in [-0.1, -0.05) is 25.3 Å². The molecular formula is C22H27N5O2. The maximum absolute atomic E-state index is 12.9. The zero-order chi connectivity index (χ0) is 20.1. The van der Waals surface area contributed by atoms with Crippen LogP contribution in [0.25, 0.3) is 0 Å². The van der Waals surface area contributed by atoms with Crippen LogP contribution in [0, 0.1) is 0 Å². The molecule has 4 rings (SSSR count). The van der Waals surface area contributed by atoms with Gasteiger partial charge in [0.1, 0.15) is 5.82 Å². The van der Waals surface area contributed by atoms with Gasteiger partial charge in [0, 0.05) is 50.8 Å². The number of carbonyl (C=O) groups excluding carboxylic acids is 2. The molecule has 0 spiro atoms. The Labute approximate surface area is 171 Å². The third-order valence-corrected chi connectivity index (χ3v) is 5.73. The van der Waals surface area contributed by atoms with E-state index in [2.05, 4.69) is 20.2 Å². The number of nitrogens with one attached hydrogen (secondary N) is 1. The first-order chi connectivity index (χ1) is 14.2. The van der Waals surface area contributed by atoms with E-state index in [4.69, 9.17) is 0 Å². The second kappa shape index (κ2) is 9.03. The molecule has 1 aliphatic carbocycles. The molecule has 2 amide bonds. The minimum absolute atomic E-state index is 0.0783. The summed E-state index contributed by atoms with van der Waals surface area (Å²) in [6, 6.07) is 7.74. The summed E-state index contributed by atoms with van der Waals surface area (Å²) in [5.74, 6) is 0.715. The minimum Gasteiger partial charge on any atom is -0.353 e. The average Bonchev–Trinajstić information content (AvgIpc) is 2.80. The second-order valence-electron chi connectivity index (χ2n) is 7.74. The Morgan fingerprint density at radius 3 is 2.45 bits per heavy atom. The van der Waals surface area contributed by atoms with E-state index in [-0.39, 0.29) is 17.9 Å². The quantitative estimate of drug-likeness (QED) is 0.864. The van der Waals surface area contributed by atoms with Gasteiger partial charge < -0.3 is 15.1 Å². The fraction of sp³-hybridized carbons (Fsp3) is 0.455. The number of piperazine rings is 1. The highest BCUT2D eigenvalue weighted by atomic mass is 16.2. The highest BCUT2D eigenvalue weighted by Gasteiger charge is 2.24. The predicted molar refractivity (Wildman–Crippen MR) is 111 cm³/mol. The minimum atomic E-state index is -0.140. The van der Waals surface area contributed by atoms with Gasteiger partial charge in [0.25, 0.3) is 11.8 Å². The highest BCUT2D eigenvalue weighted by molar-refractivity contribution is 5.99. The van der Waals surface area contributed by atoms with Crippen molar-refractivity contribution in [3.63, 3.8) is 0 Å². The zero-order valence-corrected chi connectivity index (χ0v) is 16.6. The number of carbonyl (C=O) groups is 2. The lowest BCUT2D eigenvalue weighted by atomic mass is 9.95. The fourth-order valence-electron chi connectivity index (χ4n) is 4.06. The summed E-state index contributed by atoms with van der Waals surface area (Å²) >= 11 is 0. The van der Waals surface area contributed by atoms with Crippen molar-refractivity contribution in [2.24, 2.45) is 0 Å². The van der Waals surface area contributed by atoms with Crippen molar-refractivity contribution in [3.8, 4) is 0 Å². The summed E-state index contributed by atoms with van der Waals surface area (Å²) in [5, 5.41) is 3.09. The molecule has 0 unspecified atom stereocenters. The lowest BCUT2D eigenvalue weighted by Gasteiger charge is -2.35. The number of rotatable bonds is 4. The van der Waals surface area contributed by atoms with Crippen LogP contribution < -0.4 is 10.2 Å². The molecule has 7 nitrogen and oxygen atoms in total. The van der Waals surface area contributed by atoms with Crippen molar-refractivity contribution in [1.29, 1.82) is 0 Å². The summed E-state index contributed by atoms with van der Waals surface area (Å²) in [6.07, 6.45) is 10.5. The molecule has 1 aliphatic heterocycles. The molecule has 7 heteroatoms. The molecule has 3 heterocycles. The smallest absolute Gasteiger partial charge is 0.255 e. The Kier molecular flexibility index (Phi) is 6.03. The SMILES string of the molecule is O=C(NC1CCCCC1)c1cncc(C(=O)N2CCN(c3ccccn3)CC2)c1. The monoisotopic (exact) mass is 393 g/mol. The van der Waals surface area contributed by atoms with Crippen molar-refractivity contribution >= 4 is 17.6 Å². The molecule has 0 aromatic carbocycles. The third kappa shape index (κ3) is 4.72. The van der Waals surface area contributed by atoms with Crippen LogP contribution in [0.4, 0.5) is 5.82 Å². The maximum atomic E-state index is 12.9. The fourth-order valence-corrected chi connectivity index (χ4v) is 4.06. The van der Waals surface area contributed by atoms with Crippen LogP contribution in [0.2, 0.25) is 0 Å². The number of nitrogens with zero attached hydrogens (tertiary/aromatic N) is 4. The van der Waals surface area contributed by atoms with E-state index < -0.39 is 0 Å². The van der Waals surface area contributed by atoms with E-state index >= 15 is 0 Å². The first-order valence-electron chi connectivity index (χ1n) is 10.4. The van der Waals surface area contributed by atoms with Crippen molar-refractivity contribution in [2.75, 3.05) is 31.1 Å². The summed E-state index contributed by atoms with van der Waals surface area (Å²) < 4.78 is 0. The summed E-state index contributed by atoms with van der Waals surface area (Å²) in [5.41, 5.74) is 0.918. The molecule has 2 aromatic heterocycles. The number of amides is 2. The molecule has 2 fully saturated rings. The summed E-state index contributed by atoms with van der Waals surface area (Å²) in [4.78, 5) is 38.0. The molecule has 2 aliphatic rings. The van der Waals surface area contributed by atoms with Gasteiger partial charge in [-0.2, -0.15) is 0 Å². The van der Waals surface area contributed by atoms with Crippen molar-refractivity contribution in [1.82, 2.24) is 20.2 Å². The molecule has 2 aromatic rings. The van der Waals surface area contributed by atoms with E-state index in [0.717, 1.165) is 44.6 Å². The van der Waals surface area contributed by atoms with Crippen LogP contribution in [-0.2, 0) is 0 Å². The summed E-state index contributed by atoms with van der Waals surface area (Å²) in [6.45, 7) is 2.71. The van der Waals surface area contributed by atoms with Crippen molar-refractivity contribution in [2.45, 2.75) is 38.1 Å². The van der Waals surface area contributed by atoms with Gasteiger partial charge in [0.15, 0.2) is 0 Å². The van der Waals surface area contributed by atoms with Gasteiger partial charge in [-0.3, -0.25) is 14.6 Å². The van der Waals surface area contributed by atoms with E-state index in [1.807, 2.05) is 23.1 Å². The number of anilines is 1. The van der Waals surface area contributed by atoms with E-state index in [0.29, 0.717) is 24.2 Å². The van der Waals surface area contributed by atoms with Crippen LogP contribution in [0.3, 0.4) is 0 Å².